The highest BCUT2D eigenvalue weighted by Gasteiger charge is 2.47. The zero-order valence-electron chi connectivity index (χ0n) is 16.4. The predicted molar refractivity (Wildman–Crippen MR) is 120 cm³/mol. The van der Waals surface area contributed by atoms with Crippen molar-refractivity contribution in [3.63, 3.8) is 0 Å². The van der Waals surface area contributed by atoms with Gasteiger partial charge in [0.2, 0.25) is 0 Å². The van der Waals surface area contributed by atoms with Crippen molar-refractivity contribution in [1.82, 2.24) is 0 Å². The first-order chi connectivity index (χ1) is 14.9. The number of aliphatic hydroxyl groups is 1. The monoisotopic (exact) mass is 479 g/mol. The summed E-state index contributed by atoms with van der Waals surface area (Å²) in [5.74, 6) is -1.69. The topological polar surface area (TPSA) is 87.1 Å². The second kappa shape index (κ2) is 8.28. The molecule has 1 aliphatic heterocycles. The Morgan fingerprint density at radius 1 is 1.00 bits per heavy atom. The summed E-state index contributed by atoms with van der Waals surface area (Å²) < 4.78 is 6.02. The molecule has 2 N–H and O–H groups in total. The summed E-state index contributed by atoms with van der Waals surface area (Å²) in [6, 6.07) is 19.2. The van der Waals surface area contributed by atoms with Crippen LogP contribution in [0.3, 0.4) is 0 Å². The molecule has 0 spiro atoms. The molecule has 4 rings (SSSR count). The molecule has 3 aromatic carbocycles. The summed E-state index contributed by atoms with van der Waals surface area (Å²) in [4.78, 5) is 27.5. The number of para-hydroxylation sites is 1. The number of aliphatic hydroxyl groups excluding tert-OH is 1. The number of ether oxygens (including phenoxy) is 1. The number of ketones is 1. The highest BCUT2D eigenvalue weighted by Crippen LogP contribution is 2.43. The normalized spacial score (nSPS) is 17.7. The van der Waals surface area contributed by atoms with Crippen LogP contribution in [0, 0.1) is 0 Å². The third kappa shape index (κ3) is 3.68. The van der Waals surface area contributed by atoms with Crippen molar-refractivity contribution in [2.24, 2.45) is 0 Å². The summed E-state index contributed by atoms with van der Waals surface area (Å²) in [7, 11) is 1.41. The van der Waals surface area contributed by atoms with Crippen LogP contribution in [0.15, 0.2) is 82.8 Å². The van der Waals surface area contributed by atoms with Gasteiger partial charge in [-0.25, -0.2) is 0 Å². The summed E-state index contributed by atoms with van der Waals surface area (Å²) in [6.45, 7) is 0. The van der Waals surface area contributed by atoms with Crippen LogP contribution in [0.2, 0.25) is 0 Å². The Balaban J connectivity index is 1.96. The summed E-state index contributed by atoms with van der Waals surface area (Å²) in [5.41, 5.74) is 1.39. The number of methoxy groups -OCH3 is 1. The molecule has 1 heterocycles. The molecular formula is C24H18BrNO5. The fourth-order valence-electron chi connectivity index (χ4n) is 3.63. The Hall–Kier alpha value is -3.58. The highest BCUT2D eigenvalue weighted by molar-refractivity contribution is 9.10. The number of phenolic OH excluding ortho intramolecular Hbond substituents is 1. The van der Waals surface area contributed by atoms with Crippen molar-refractivity contribution in [2.45, 2.75) is 6.04 Å². The Kier molecular flexibility index (Phi) is 5.52. The third-order valence-corrected chi connectivity index (χ3v) is 5.64. The van der Waals surface area contributed by atoms with E-state index in [1.807, 2.05) is 0 Å². The van der Waals surface area contributed by atoms with Crippen molar-refractivity contribution >= 4 is 39.1 Å². The third-order valence-electron chi connectivity index (χ3n) is 5.12. The first-order valence-corrected chi connectivity index (χ1v) is 10.2. The van der Waals surface area contributed by atoms with Gasteiger partial charge in [-0.15, -0.1) is 0 Å². The molecule has 1 amide bonds. The molecule has 0 bridgehead atoms. The maximum Gasteiger partial charge on any atom is 0.300 e. The van der Waals surface area contributed by atoms with Crippen LogP contribution in [0.5, 0.6) is 11.5 Å². The fourth-order valence-corrected chi connectivity index (χ4v) is 3.89. The van der Waals surface area contributed by atoms with Gasteiger partial charge in [-0.05, 0) is 42.0 Å². The molecule has 1 saturated heterocycles. The lowest BCUT2D eigenvalue weighted by atomic mass is 9.95. The number of phenols is 1. The number of benzene rings is 3. The number of hydrogen-bond acceptors (Lipinski definition) is 5. The van der Waals surface area contributed by atoms with Gasteiger partial charge in [0.1, 0.15) is 5.76 Å². The Morgan fingerprint density at radius 3 is 2.32 bits per heavy atom. The lowest BCUT2D eigenvalue weighted by Gasteiger charge is -2.25. The average molecular weight is 480 g/mol. The molecule has 0 saturated carbocycles. The highest BCUT2D eigenvalue weighted by atomic mass is 79.9. The van der Waals surface area contributed by atoms with Crippen LogP contribution < -0.4 is 9.64 Å². The molecule has 7 heteroatoms. The molecule has 1 atom stereocenters. The van der Waals surface area contributed by atoms with E-state index in [2.05, 4.69) is 15.9 Å². The maximum atomic E-state index is 13.1. The Bertz CT molecular complexity index is 1190. The Labute approximate surface area is 187 Å². The molecule has 6 nitrogen and oxygen atoms in total. The molecule has 0 radical (unpaired) electrons. The minimum atomic E-state index is -0.902. The molecule has 156 valence electrons. The quantitative estimate of drug-likeness (QED) is 0.319. The number of rotatable bonds is 4. The van der Waals surface area contributed by atoms with Gasteiger partial charge < -0.3 is 14.9 Å². The van der Waals surface area contributed by atoms with E-state index in [4.69, 9.17) is 4.74 Å². The summed E-state index contributed by atoms with van der Waals surface area (Å²) in [6.07, 6.45) is 0. The molecule has 0 aromatic heterocycles. The number of amides is 1. The van der Waals surface area contributed by atoms with Gasteiger partial charge in [-0.2, -0.15) is 0 Å². The van der Waals surface area contributed by atoms with Gasteiger partial charge >= 0.3 is 0 Å². The molecular weight excluding hydrogens is 462 g/mol. The zero-order valence-corrected chi connectivity index (χ0v) is 18.0. The average Bonchev–Trinajstić information content (AvgIpc) is 3.05. The predicted octanol–water partition coefficient (Wildman–Crippen LogP) is 4.79. The van der Waals surface area contributed by atoms with E-state index in [9.17, 15) is 19.8 Å². The first-order valence-electron chi connectivity index (χ1n) is 9.41. The lowest BCUT2D eigenvalue weighted by Crippen LogP contribution is -2.29. The van der Waals surface area contributed by atoms with Crippen LogP contribution >= 0.6 is 15.9 Å². The van der Waals surface area contributed by atoms with Crippen molar-refractivity contribution < 1.29 is 24.5 Å². The van der Waals surface area contributed by atoms with Crippen LogP contribution in [0.25, 0.3) is 5.76 Å². The van der Waals surface area contributed by atoms with Gasteiger partial charge in [0.15, 0.2) is 11.5 Å². The zero-order chi connectivity index (χ0) is 22.1. The number of halogens is 1. The van der Waals surface area contributed by atoms with Crippen molar-refractivity contribution in [2.75, 3.05) is 12.0 Å². The Morgan fingerprint density at radius 2 is 1.68 bits per heavy atom. The van der Waals surface area contributed by atoms with Crippen molar-refractivity contribution in [1.29, 1.82) is 0 Å². The molecule has 0 unspecified atom stereocenters. The smallest absolute Gasteiger partial charge is 0.300 e. The van der Waals surface area contributed by atoms with Crippen LogP contribution in [0.4, 0.5) is 5.69 Å². The largest absolute Gasteiger partial charge is 0.507 e. The second-order valence-corrected chi connectivity index (χ2v) is 7.86. The number of carbonyl (C=O) groups excluding carboxylic acids is 2. The summed E-state index contributed by atoms with van der Waals surface area (Å²) >= 11 is 3.35. The number of hydrogen-bond donors (Lipinski definition) is 2. The van der Waals surface area contributed by atoms with Crippen molar-refractivity contribution in [3.05, 3.63) is 94.0 Å². The van der Waals surface area contributed by atoms with Gasteiger partial charge in [0.25, 0.3) is 11.7 Å². The van der Waals surface area contributed by atoms with E-state index < -0.39 is 17.7 Å². The molecule has 31 heavy (non-hydrogen) atoms. The minimum absolute atomic E-state index is 0.0380. The van der Waals surface area contributed by atoms with Gasteiger partial charge in [-0.1, -0.05) is 52.3 Å². The van der Waals surface area contributed by atoms with Gasteiger partial charge in [0, 0.05) is 15.7 Å². The molecule has 0 aliphatic carbocycles. The number of carbonyl (C=O) groups is 2. The minimum Gasteiger partial charge on any atom is -0.507 e. The number of Topliss-reactive ketones (excluding diaryl/α,β-unsaturated/α-hetero) is 1. The molecule has 1 fully saturated rings. The van der Waals surface area contributed by atoms with E-state index in [1.165, 1.54) is 18.1 Å². The fraction of sp³-hybridized carbons (Fsp3) is 0.0833. The number of aromatic hydroxyl groups is 1. The maximum absolute atomic E-state index is 13.1. The van der Waals surface area contributed by atoms with Crippen LogP contribution in [0.1, 0.15) is 17.2 Å². The van der Waals surface area contributed by atoms with Crippen LogP contribution in [-0.4, -0.2) is 29.0 Å². The van der Waals surface area contributed by atoms with E-state index in [1.54, 1.807) is 66.7 Å². The second-order valence-electron chi connectivity index (χ2n) is 6.94. The summed E-state index contributed by atoms with van der Waals surface area (Å²) in [5, 5.41) is 21.1. The van der Waals surface area contributed by atoms with Gasteiger partial charge in [0.05, 0.1) is 18.7 Å². The van der Waals surface area contributed by atoms with Crippen molar-refractivity contribution in [3.8, 4) is 11.5 Å². The number of nitrogens with zero attached hydrogens (tertiary/aromatic N) is 1. The molecule has 1 aliphatic rings. The van der Waals surface area contributed by atoms with E-state index in [0.717, 1.165) is 4.47 Å². The SMILES string of the molecule is COc1cc([C@@H]2C(=C(O)c3ccc(Br)cc3)C(=O)C(=O)N2c2ccccc2)ccc1O. The van der Waals surface area contributed by atoms with Crippen LogP contribution in [-0.2, 0) is 9.59 Å². The molecule has 3 aromatic rings. The van der Waals surface area contributed by atoms with E-state index in [0.29, 0.717) is 16.8 Å². The van der Waals surface area contributed by atoms with E-state index in [-0.39, 0.29) is 22.8 Å². The standard InChI is InChI=1S/C24H18BrNO5/c1-31-19-13-15(9-12-18(19)27)21-20(22(28)14-7-10-16(25)11-8-14)23(29)24(30)26(21)17-5-3-2-4-6-17/h2-13,21,27-28H,1H3/t21-/m1/s1. The lowest BCUT2D eigenvalue weighted by molar-refractivity contribution is -0.132. The first kappa shape index (κ1) is 20.7. The van der Waals surface area contributed by atoms with Gasteiger partial charge in [-0.3, -0.25) is 14.5 Å². The number of anilines is 1. The van der Waals surface area contributed by atoms with E-state index >= 15 is 0 Å².